The molecule has 1 aliphatic rings. The quantitative estimate of drug-likeness (QED) is 0.748. The van der Waals surface area contributed by atoms with Crippen LogP contribution in [0.4, 0.5) is 13.2 Å². The Bertz CT molecular complexity index is 1050. The SMILES string of the molecule is Cn1c(CO)nc2cc(C(=O)N3CC(c4cccc(C(F)(F)F)c4)C3)ccc21. The maximum Gasteiger partial charge on any atom is 0.416 e. The van der Waals surface area contributed by atoms with Gasteiger partial charge in [-0.25, -0.2) is 4.98 Å². The molecule has 0 aliphatic carbocycles. The van der Waals surface area contributed by atoms with Crippen LogP contribution in [0.15, 0.2) is 42.5 Å². The third kappa shape index (κ3) is 3.13. The first-order chi connectivity index (χ1) is 13.3. The molecule has 0 unspecified atom stereocenters. The van der Waals surface area contributed by atoms with Gasteiger partial charge in [-0.3, -0.25) is 4.79 Å². The molecule has 0 saturated carbocycles. The summed E-state index contributed by atoms with van der Waals surface area (Å²) >= 11 is 0. The van der Waals surface area contributed by atoms with Crippen LogP contribution in [-0.4, -0.2) is 38.6 Å². The van der Waals surface area contributed by atoms with E-state index in [9.17, 15) is 23.1 Å². The van der Waals surface area contributed by atoms with Crippen LogP contribution < -0.4 is 0 Å². The third-order valence-corrected chi connectivity index (χ3v) is 5.22. The van der Waals surface area contributed by atoms with Crippen molar-refractivity contribution in [3.63, 3.8) is 0 Å². The molecule has 1 aliphatic heterocycles. The molecule has 5 nitrogen and oxygen atoms in total. The minimum Gasteiger partial charge on any atom is -0.388 e. The van der Waals surface area contributed by atoms with Crippen molar-refractivity contribution in [1.82, 2.24) is 14.5 Å². The summed E-state index contributed by atoms with van der Waals surface area (Å²) in [5.74, 6) is 0.223. The number of amides is 1. The van der Waals surface area contributed by atoms with Gasteiger partial charge in [-0.2, -0.15) is 13.2 Å². The number of carbonyl (C=O) groups is 1. The molecule has 0 bridgehead atoms. The first kappa shape index (κ1) is 18.5. The van der Waals surface area contributed by atoms with Crippen molar-refractivity contribution in [3.8, 4) is 0 Å². The fraction of sp³-hybridized carbons (Fsp3) is 0.300. The van der Waals surface area contributed by atoms with Crippen molar-refractivity contribution in [2.45, 2.75) is 18.7 Å². The lowest BCUT2D eigenvalue weighted by Gasteiger charge is -2.39. The Morgan fingerprint density at radius 3 is 2.64 bits per heavy atom. The van der Waals surface area contributed by atoms with E-state index in [4.69, 9.17) is 0 Å². The number of hydrogen-bond acceptors (Lipinski definition) is 3. The zero-order chi connectivity index (χ0) is 20.1. The molecular weight excluding hydrogens is 371 g/mol. The molecule has 146 valence electrons. The number of carbonyl (C=O) groups excluding carboxylic acids is 1. The van der Waals surface area contributed by atoms with E-state index in [1.54, 1.807) is 40.8 Å². The van der Waals surface area contributed by atoms with Crippen LogP contribution in [0.1, 0.15) is 33.2 Å². The Morgan fingerprint density at radius 2 is 1.96 bits per heavy atom. The predicted molar refractivity (Wildman–Crippen MR) is 96.7 cm³/mol. The van der Waals surface area contributed by atoms with Crippen LogP contribution in [0.3, 0.4) is 0 Å². The standard InChI is InChI=1S/C20H18F3N3O2/c1-25-17-6-5-13(8-16(17)24-18(25)11-27)19(28)26-9-14(10-26)12-3-2-4-15(7-12)20(21,22)23/h2-8,14,27H,9-11H2,1H3. The summed E-state index contributed by atoms with van der Waals surface area (Å²) in [5, 5.41) is 9.31. The fourth-order valence-electron chi connectivity index (χ4n) is 3.53. The highest BCUT2D eigenvalue weighted by molar-refractivity contribution is 5.98. The van der Waals surface area contributed by atoms with Gasteiger partial charge in [0.15, 0.2) is 0 Å². The Balaban J connectivity index is 1.49. The van der Waals surface area contributed by atoms with Gasteiger partial charge in [0.05, 0.1) is 16.6 Å². The molecular formula is C20H18F3N3O2. The lowest BCUT2D eigenvalue weighted by atomic mass is 9.89. The summed E-state index contributed by atoms with van der Waals surface area (Å²) < 4.78 is 40.4. The second-order valence-corrected chi connectivity index (χ2v) is 6.98. The van der Waals surface area contributed by atoms with E-state index < -0.39 is 11.7 Å². The first-order valence-corrected chi connectivity index (χ1v) is 8.80. The highest BCUT2D eigenvalue weighted by Crippen LogP contribution is 2.34. The largest absolute Gasteiger partial charge is 0.416 e. The highest BCUT2D eigenvalue weighted by atomic mass is 19.4. The molecule has 4 rings (SSSR count). The molecule has 28 heavy (non-hydrogen) atoms. The molecule has 0 radical (unpaired) electrons. The van der Waals surface area contributed by atoms with E-state index in [-0.39, 0.29) is 18.4 Å². The van der Waals surface area contributed by atoms with Crippen molar-refractivity contribution in [2.24, 2.45) is 7.05 Å². The zero-order valence-electron chi connectivity index (χ0n) is 15.1. The van der Waals surface area contributed by atoms with Gasteiger partial charge in [-0.05, 0) is 29.8 Å². The maximum absolute atomic E-state index is 12.9. The summed E-state index contributed by atoms with van der Waals surface area (Å²) in [6.07, 6.45) is -4.37. The predicted octanol–water partition coefficient (Wildman–Crippen LogP) is 3.32. The summed E-state index contributed by atoms with van der Waals surface area (Å²) in [4.78, 5) is 18.6. The lowest BCUT2D eigenvalue weighted by molar-refractivity contribution is -0.137. The fourth-order valence-corrected chi connectivity index (χ4v) is 3.53. The molecule has 1 N–H and O–H groups in total. The second kappa shape index (κ2) is 6.63. The van der Waals surface area contributed by atoms with Crippen molar-refractivity contribution in [1.29, 1.82) is 0 Å². The van der Waals surface area contributed by atoms with Crippen molar-refractivity contribution in [3.05, 3.63) is 65.0 Å². The third-order valence-electron chi connectivity index (χ3n) is 5.22. The first-order valence-electron chi connectivity index (χ1n) is 8.80. The van der Waals surface area contributed by atoms with Crippen molar-refractivity contribution < 1.29 is 23.1 Å². The number of benzene rings is 2. The number of hydrogen-bond donors (Lipinski definition) is 1. The Hall–Kier alpha value is -2.87. The van der Waals surface area contributed by atoms with E-state index in [0.29, 0.717) is 35.6 Å². The van der Waals surface area contributed by atoms with Gasteiger partial charge in [0, 0.05) is 31.6 Å². The van der Waals surface area contributed by atoms with E-state index in [0.717, 1.165) is 17.6 Å². The Morgan fingerprint density at radius 1 is 1.21 bits per heavy atom. The van der Waals surface area contributed by atoms with Gasteiger partial charge < -0.3 is 14.6 Å². The van der Waals surface area contributed by atoms with Gasteiger partial charge in [0.25, 0.3) is 5.91 Å². The number of imidazole rings is 1. The van der Waals surface area contributed by atoms with Gasteiger partial charge >= 0.3 is 6.18 Å². The minimum absolute atomic E-state index is 0.106. The van der Waals surface area contributed by atoms with Crippen molar-refractivity contribution in [2.75, 3.05) is 13.1 Å². The monoisotopic (exact) mass is 389 g/mol. The second-order valence-electron chi connectivity index (χ2n) is 6.98. The van der Waals surface area contributed by atoms with E-state index in [1.807, 2.05) is 0 Å². The highest BCUT2D eigenvalue weighted by Gasteiger charge is 2.35. The molecule has 1 saturated heterocycles. The molecule has 1 fully saturated rings. The van der Waals surface area contributed by atoms with E-state index >= 15 is 0 Å². The number of alkyl halides is 3. The number of nitrogens with zero attached hydrogens (tertiary/aromatic N) is 3. The molecule has 2 heterocycles. The Labute approximate surface area is 159 Å². The molecule has 1 amide bonds. The van der Waals surface area contributed by atoms with E-state index in [2.05, 4.69) is 4.98 Å². The van der Waals surface area contributed by atoms with Crippen LogP contribution in [0.2, 0.25) is 0 Å². The number of fused-ring (bicyclic) bond motifs is 1. The smallest absolute Gasteiger partial charge is 0.388 e. The lowest BCUT2D eigenvalue weighted by Crippen LogP contribution is -2.48. The number of rotatable bonds is 3. The number of aliphatic hydroxyl groups is 1. The van der Waals surface area contributed by atoms with Gasteiger partial charge in [-0.1, -0.05) is 18.2 Å². The van der Waals surface area contributed by atoms with Crippen LogP contribution >= 0.6 is 0 Å². The number of likely N-dealkylation sites (tertiary alicyclic amines) is 1. The summed E-state index contributed by atoms with van der Waals surface area (Å²) in [5.41, 5.74) is 1.82. The van der Waals surface area contributed by atoms with Crippen molar-refractivity contribution >= 4 is 16.9 Å². The van der Waals surface area contributed by atoms with E-state index in [1.165, 1.54) is 6.07 Å². The molecule has 3 aromatic rings. The van der Waals surface area contributed by atoms with Crippen LogP contribution in [0.25, 0.3) is 11.0 Å². The summed E-state index contributed by atoms with van der Waals surface area (Å²) in [7, 11) is 1.79. The molecule has 1 aromatic heterocycles. The van der Waals surface area contributed by atoms with Gasteiger partial charge in [0.2, 0.25) is 0 Å². The number of halogens is 3. The Kier molecular flexibility index (Phi) is 4.38. The molecule has 0 atom stereocenters. The topological polar surface area (TPSA) is 58.4 Å². The van der Waals surface area contributed by atoms with Gasteiger partial charge in [0.1, 0.15) is 12.4 Å². The maximum atomic E-state index is 12.9. The van der Waals surface area contributed by atoms with Crippen LogP contribution in [-0.2, 0) is 19.8 Å². The van der Waals surface area contributed by atoms with Crippen LogP contribution in [0, 0.1) is 0 Å². The molecule has 2 aromatic carbocycles. The number of aliphatic hydroxyl groups excluding tert-OH is 1. The molecule has 8 heteroatoms. The molecule has 0 spiro atoms. The average Bonchev–Trinajstić information content (AvgIpc) is 2.95. The van der Waals surface area contributed by atoms with Gasteiger partial charge in [-0.15, -0.1) is 0 Å². The van der Waals surface area contributed by atoms with Crippen LogP contribution in [0.5, 0.6) is 0 Å². The normalized spacial score (nSPS) is 15.1. The zero-order valence-corrected chi connectivity index (χ0v) is 15.1. The number of aromatic nitrogens is 2. The minimum atomic E-state index is -4.37. The average molecular weight is 389 g/mol. The number of aryl methyl sites for hydroxylation is 1. The summed E-state index contributed by atoms with van der Waals surface area (Å²) in [6, 6.07) is 10.4. The summed E-state index contributed by atoms with van der Waals surface area (Å²) in [6.45, 7) is 0.559.